The Hall–Kier alpha value is -1.20. The standard InChI is InChI=1S/C12H15FN2OS/c13-9-2-1-3-10(11(9)12(14)17)15-6-8-4-5-16-7-8/h1-3,8,15H,4-7H2,(H2,14,17). The molecule has 1 fully saturated rings. The van der Waals surface area contributed by atoms with Crippen molar-refractivity contribution in [3.05, 3.63) is 29.6 Å². The summed E-state index contributed by atoms with van der Waals surface area (Å²) in [4.78, 5) is 0.0771. The zero-order valence-electron chi connectivity index (χ0n) is 9.41. The van der Waals surface area contributed by atoms with Crippen LogP contribution in [-0.2, 0) is 4.74 Å². The topological polar surface area (TPSA) is 47.3 Å². The summed E-state index contributed by atoms with van der Waals surface area (Å²) in [6, 6.07) is 4.79. The van der Waals surface area contributed by atoms with E-state index in [1.54, 1.807) is 12.1 Å². The molecule has 1 aliphatic heterocycles. The van der Waals surface area contributed by atoms with Crippen molar-refractivity contribution in [1.29, 1.82) is 0 Å². The van der Waals surface area contributed by atoms with Gasteiger partial charge in [0.2, 0.25) is 0 Å². The molecule has 0 saturated carbocycles. The summed E-state index contributed by atoms with van der Waals surface area (Å²) in [6.07, 6.45) is 1.03. The molecule has 0 bridgehead atoms. The van der Waals surface area contributed by atoms with Crippen LogP contribution in [0.15, 0.2) is 18.2 Å². The fourth-order valence-corrected chi connectivity index (χ4v) is 2.13. The van der Waals surface area contributed by atoms with Crippen LogP contribution in [0.25, 0.3) is 0 Å². The Labute approximate surface area is 105 Å². The summed E-state index contributed by atoms with van der Waals surface area (Å²) < 4.78 is 18.9. The van der Waals surface area contributed by atoms with Gasteiger partial charge in [-0.05, 0) is 18.6 Å². The normalized spacial score (nSPS) is 19.2. The summed E-state index contributed by atoms with van der Waals surface area (Å²) >= 11 is 4.86. The zero-order valence-corrected chi connectivity index (χ0v) is 10.2. The predicted molar refractivity (Wildman–Crippen MR) is 69.7 cm³/mol. The van der Waals surface area contributed by atoms with E-state index in [4.69, 9.17) is 22.7 Å². The lowest BCUT2D eigenvalue weighted by molar-refractivity contribution is 0.187. The Morgan fingerprint density at radius 2 is 2.41 bits per heavy atom. The number of ether oxygens (including phenoxy) is 1. The number of benzene rings is 1. The minimum Gasteiger partial charge on any atom is -0.389 e. The lowest BCUT2D eigenvalue weighted by atomic mass is 10.1. The van der Waals surface area contributed by atoms with Crippen LogP contribution >= 0.6 is 12.2 Å². The average molecular weight is 254 g/mol. The van der Waals surface area contributed by atoms with Crippen LogP contribution in [0.3, 0.4) is 0 Å². The molecule has 0 spiro atoms. The number of halogens is 1. The Morgan fingerprint density at radius 1 is 1.59 bits per heavy atom. The third-order valence-electron chi connectivity index (χ3n) is 2.87. The highest BCUT2D eigenvalue weighted by Gasteiger charge is 2.17. The summed E-state index contributed by atoms with van der Waals surface area (Å²) in [5, 5.41) is 3.19. The van der Waals surface area contributed by atoms with Crippen LogP contribution in [-0.4, -0.2) is 24.7 Å². The molecular weight excluding hydrogens is 239 g/mol. The molecule has 1 saturated heterocycles. The van der Waals surface area contributed by atoms with Gasteiger partial charge >= 0.3 is 0 Å². The summed E-state index contributed by atoms with van der Waals surface area (Å²) in [7, 11) is 0. The Balaban J connectivity index is 2.09. The molecule has 92 valence electrons. The van der Waals surface area contributed by atoms with Gasteiger partial charge in [-0.15, -0.1) is 0 Å². The molecular formula is C12H15FN2OS. The highest BCUT2D eigenvalue weighted by molar-refractivity contribution is 7.80. The fourth-order valence-electron chi connectivity index (χ4n) is 1.92. The predicted octanol–water partition coefficient (Wildman–Crippen LogP) is 1.91. The fraction of sp³-hybridized carbons (Fsp3) is 0.417. The van der Waals surface area contributed by atoms with E-state index in [-0.39, 0.29) is 10.8 Å². The maximum Gasteiger partial charge on any atom is 0.135 e. The van der Waals surface area contributed by atoms with E-state index in [1.807, 2.05) is 0 Å². The Morgan fingerprint density at radius 3 is 3.06 bits per heavy atom. The van der Waals surface area contributed by atoms with E-state index >= 15 is 0 Å². The van der Waals surface area contributed by atoms with Crippen LogP contribution in [0.2, 0.25) is 0 Å². The summed E-state index contributed by atoms with van der Waals surface area (Å²) in [6.45, 7) is 2.31. The highest BCUT2D eigenvalue weighted by atomic mass is 32.1. The Bertz CT molecular complexity index is 419. The quantitative estimate of drug-likeness (QED) is 0.806. The summed E-state index contributed by atoms with van der Waals surface area (Å²) in [5.41, 5.74) is 6.48. The first-order valence-electron chi connectivity index (χ1n) is 5.58. The lowest BCUT2D eigenvalue weighted by Crippen LogP contribution is -2.19. The van der Waals surface area contributed by atoms with Crippen LogP contribution in [0.1, 0.15) is 12.0 Å². The molecule has 0 radical (unpaired) electrons. The van der Waals surface area contributed by atoms with Gasteiger partial charge in [0.25, 0.3) is 0 Å². The highest BCUT2D eigenvalue weighted by Crippen LogP contribution is 2.20. The minimum absolute atomic E-state index is 0.0771. The van der Waals surface area contributed by atoms with E-state index in [9.17, 15) is 4.39 Å². The molecule has 1 heterocycles. The van der Waals surface area contributed by atoms with Gasteiger partial charge in [-0.25, -0.2) is 4.39 Å². The SMILES string of the molecule is NC(=S)c1c(F)cccc1NCC1CCOC1. The molecule has 2 rings (SSSR count). The van der Waals surface area contributed by atoms with Crippen molar-refractivity contribution in [3.8, 4) is 0 Å². The number of nitrogens with two attached hydrogens (primary N) is 1. The number of hydrogen-bond donors (Lipinski definition) is 2. The first-order valence-corrected chi connectivity index (χ1v) is 5.99. The monoisotopic (exact) mass is 254 g/mol. The molecule has 3 N–H and O–H groups in total. The van der Waals surface area contributed by atoms with Crippen molar-refractivity contribution in [3.63, 3.8) is 0 Å². The van der Waals surface area contributed by atoms with Crippen molar-refractivity contribution >= 4 is 22.9 Å². The first-order chi connectivity index (χ1) is 8.18. The van der Waals surface area contributed by atoms with Crippen LogP contribution in [0, 0.1) is 11.7 Å². The minimum atomic E-state index is -0.384. The van der Waals surface area contributed by atoms with Crippen molar-refractivity contribution in [2.75, 3.05) is 25.1 Å². The molecule has 3 nitrogen and oxygen atoms in total. The van der Waals surface area contributed by atoms with Crippen molar-refractivity contribution < 1.29 is 9.13 Å². The Kier molecular flexibility index (Phi) is 3.91. The second-order valence-corrected chi connectivity index (χ2v) is 4.58. The maximum atomic E-state index is 13.6. The van der Waals surface area contributed by atoms with Gasteiger partial charge in [-0.2, -0.15) is 0 Å². The molecule has 1 atom stereocenters. The van der Waals surface area contributed by atoms with Crippen LogP contribution in [0.5, 0.6) is 0 Å². The zero-order chi connectivity index (χ0) is 12.3. The number of nitrogens with one attached hydrogen (secondary N) is 1. The van der Waals surface area contributed by atoms with Gasteiger partial charge < -0.3 is 15.8 Å². The molecule has 1 aromatic rings. The maximum absolute atomic E-state index is 13.6. The van der Waals surface area contributed by atoms with Gasteiger partial charge in [0.15, 0.2) is 0 Å². The average Bonchev–Trinajstić information content (AvgIpc) is 2.78. The first kappa shape index (κ1) is 12.3. The van der Waals surface area contributed by atoms with E-state index in [0.29, 0.717) is 17.2 Å². The third kappa shape index (κ3) is 2.92. The lowest BCUT2D eigenvalue weighted by Gasteiger charge is -2.14. The molecule has 5 heteroatoms. The summed E-state index contributed by atoms with van der Waals surface area (Å²) in [5.74, 6) is 0.0858. The van der Waals surface area contributed by atoms with Gasteiger partial charge in [0.1, 0.15) is 10.8 Å². The molecule has 1 aromatic carbocycles. The molecule has 17 heavy (non-hydrogen) atoms. The third-order valence-corrected chi connectivity index (χ3v) is 3.07. The second-order valence-electron chi connectivity index (χ2n) is 4.14. The number of thiocarbonyl (C=S) groups is 1. The van der Waals surface area contributed by atoms with Crippen molar-refractivity contribution in [1.82, 2.24) is 0 Å². The van der Waals surface area contributed by atoms with Gasteiger partial charge in [0.05, 0.1) is 12.2 Å². The van der Waals surface area contributed by atoms with Crippen LogP contribution < -0.4 is 11.1 Å². The van der Waals surface area contributed by atoms with Crippen molar-refractivity contribution in [2.24, 2.45) is 11.7 Å². The van der Waals surface area contributed by atoms with Gasteiger partial charge in [0, 0.05) is 24.8 Å². The second kappa shape index (κ2) is 5.42. The smallest absolute Gasteiger partial charge is 0.135 e. The molecule has 1 aliphatic rings. The molecule has 0 aromatic heterocycles. The van der Waals surface area contributed by atoms with Crippen LogP contribution in [0.4, 0.5) is 10.1 Å². The number of hydrogen-bond acceptors (Lipinski definition) is 3. The molecule has 0 amide bonds. The molecule has 1 unspecified atom stereocenters. The largest absolute Gasteiger partial charge is 0.389 e. The number of rotatable bonds is 4. The van der Waals surface area contributed by atoms with E-state index in [0.717, 1.165) is 26.2 Å². The number of anilines is 1. The van der Waals surface area contributed by atoms with Gasteiger partial charge in [-0.3, -0.25) is 0 Å². The van der Waals surface area contributed by atoms with Crippen molar-refractivity contribution in [2.45, 2.75) is 6.42 Å². The van der Waals surface area contributed by atoms with E-state index in [1.165, 1.54) is 6.07 Å². The van der Waals surface area contributed by atoms with E-state index in [2.05, 4.69) is 5.32 Å². The molecule has 0 aliphatic carbocycles. The van der Waals surface area contributed by atoms with Gasteiger partial charge in [-0.1, -0.05) is 18.3 Å². The van der Waals surface area contributed by atoms with E-state index < -0.39 is 0 Å².